The Balaban J connectivity index is 1.56. The van der Waals surface area contributed by atoms with Crippen molar-refractivity contribution in [2.75, 3.05) is 26.6 Å². The van der Waals surface area contributed by atoms with Crippen LogP contribution >= 0.6 is 0 Å². The lowest BCUT2D eigenvalue weighted by molar-refractivity contribution is -0.0924. The molecule has 0 atom stereocenters. The van der Waals surface area contributed by atoms with Gasteiger partial charge in [0, 0.05) is 5.92 Å². The Kier molecular flexibility index (Phi) is 3.67. The number of hydrogen-bond acceptors (Lipinski definition) is 3. The first-order valence-corrected chi connectivity index (χ1v) is 6.60. The topological polar surface area (TPSA) is 27.7 Å². The van der Waals surface area contributed by atoms with Crippen molar-refractivity contribution in [3.63, 3.8) is 0 Å². The van der Waals surface area contributed by atoms with Gasteiger partial charge < -0.3 is 14.2 Å². The zero-order valence-electron chi connectivity index (χ0n) is 11.1. The highest BCUT2D eigenvalue weighted by Gasteiger charge is 2.18. The Bertz CT molecular complexity index is 561. The summed E-state index contributed by atoms with van der Waals surface area (Å²) >= 11 is 0. The van der Waals surface area contributed by atoms with E-state index in [1.807, 2.05) is 12.1 Å². The van der Waals surface area contributed by atoms with E-state index in [9.17, 15) is 0 Å². The van der Waals surface area contributed by atoms with Crippen LogP contribution in [0.2, 0.25) is 0 Å². The summed E-state index contributed by atoms with van der Waals surface area (Å²) in [6.07, 6.45) is 0. The van der Waals surface area contributed by atoms with Gasteiger partial charge >= 0.3 is 0 Å². The third kappa shape index (κ3) is 3.06. The molecule has 1 saturated heterocycles. The van der Waals surface area contributed by atoms with E-state index in [0.29, 0.717) is 19.3 Å². The van der Waals surface area contributed by atoms with Crippen LogP contribution in [0.15, 0.2) is 36.4 Å². The highest BCUT2D eigenvalue weighted by Crippen LogP contribution is 2.22. The van der Waals surface area contributed by atoms with Gasteiger partial charge in [-0.25, -0.2) is 0 Å². The van der Waals surface area contributed by atoms with E-state index in [1.165, 1.54) is 16.3 Å². The molecule has 1 heterocycles. The fraction of sp³-hybridized carbons (Fsp3) is 0.375. The lowest BCUT2D eigenvalue weighted by Crippen LogP contribution is -2.32. The smallest absolute Gasteiger partial charge is 0.189 e. The minimum atomic E-state index is 0.299. The van der Waals surface area contributed by atoms with Crippen LogP contribution in [0, 0.1) is 12.8 Å². The molecule has 3 rings (SSSR count). The Labute approximate surface area is 113 Å². The number of hydrogen-bond donors (Lipinski definition) is 0. The van der Waals surface area contributed by atoms with Crippen molar-refractivity contribution in [1.82, 2.24) is 0 Å². The largest absolute Gasteiger partial charge is 0.468 e. The molecule has 19 heavy (non-hydrogen) atoms. The van der Waals surface area contributed by atoms with Crippen molar-refractivity contribution in [2.24, 2.45) is 5.92 Å². The van der Waals surface area contributed by atoms with Gasteiger partial charge in [-0.05, 0) is 29.8 Å². The van der Waals surface area contributed by atoms with Gasteiger partial charge in [0.2, 0.25) is 0 Å². The molecule has 1 aliphatic heterocycles. The average Bonchev–Trinajstić information content (AvgIpc) is 2.36. The Hall–Kier alpha value is -1.58. The number of fused-ring (bicyclic) bond motifs is 1. The molecule has 2 aromatic rings. The lowest BCUT2D eigenvalue weighted by Gasteiger charge is -2.25. The fourth-order valence-corrected chi connectivity index (χ4v) is 2.14. The minimum absolute atomic E-state index is 0.299. The molecular weight excluding hydrogens is 240 g/mol. The Morgan fingerprint density at radius 3 is 2.68 bits per heavy atom. The number of benzene rings is 2. The molecule has 0 bridgehead atoms. The van der Waals surface area contributed by atoms with Crippen LogP contribution in [-0.2, 0) is 9.47 Å². The average molecular weight is 258 g/mol. The fourth-order valence-electron chi connectivity index (χ4n) is 2.14. The van der Waals surface area contributed by atoms with E-state index >= 15 is 0 Å². The molecule has 0 unspecified atom stereocenters. The first-order chi connectivity index (χ1) is 9.31. The van der Waals surface area contributed by atoms with Gasteiger partial charge in [-0.2, -0.15) is 0 Å². The quantitative estimate of drug-likeness (QED) is 0.609. The summed E-state index contributed by atoms with van der Waals surface area (Å²) in [7, 11) is 0. The van der Waals surface area contributed by atoms with Gasteiger partial charge in [0.05, 0.1) is 19.8 Å². The molecule has 3 heteroatoms. The minimum Gasteiger partial charge on any atom is -0.468 e. The molecule has 0 aromatic heterocycles. The van der Waals surface area contributed by atoms with Gasteiger partial charge in [-0.3, -0.25) is 0 Å². The first kappa shape index (κ1) is 12.5. The van der Waals surface area contributed by atoms with Gasteiger partial charge in [0.15, 0.2) is 6.79 Å². The first-order valence-electron chi connectivity index (χ1n) is 6.60. The van der Waals surface area contributed by atoms with Crippen LogP contribution in [0.25, 0.3) is 10.8 Å². The summed E-state index contributed by atoms with van der Waals surface area (Å²) in [4.78, 5) is 0. The van der Waals surface area contributed by atoms with Crippen molar-refractivity contribution < 1.29 is 14.2 Å². The van der Waals surface area contributed by atoms with Crippen molar-refractivity contribution in [3.8, 4) is 5.75 Å². The van der Waals surface area contributed by atoms with Crippen LogP contribution < -0.4 is 4.74 Å². The number of rotatable bonds is 5. The molecule has 1 aliphatic rings. The summed E-state index contributed by atoms with van der Waals surface area (Å²) in [6, 6.07) is 12.5. The molecule has 0 aliphatic carbocycles. The van der Waals surface area contributed by atoms with Crippen molar-refractivity contribution in [1.29, 1.82) is 0 Å². The predicted molar refractivity (Wildman–Crippen MR) is 74.4 cm³/mol. The van der Waals surface area contributed by atoms with Crippen molar-refractivity contribution in [3.05, 3.63) is 42.0 Å². The van der Waals surface area contributed by atoms with Crippen LogP contribution in [0.3, 0.4) is 0 Å². The zero-order valence-corrected chi connectivity index (χ0v) is 11.1. The SMILES string of the molecule is Cc1ccc2cc(OCOCC3COC3)ccc2c1. The predicted octanol–water partition coefficient (Wildman–Crippen LogP) is 3.15. The molecule has 2 aromatic carbocycles. The molecule has 0 saturated carbocycles. The summed E-state index contributed by atoms with van der Waals surface area (Å²) in [5.41, 5.74) is 1.27. The summed E-state index contributed by atoms with van der Waals surface area (Å²) in [5, 5.41) is 2.43. The van der Waals surface area contributed by atoms with Crippen LogP contribution in [0.4, 0.5) is 0 Å². The maximum Gasteiger partial charge on any atom is 0.189 e. The lowest BCUT2D eigenvalue weighted by atomic mass is 10.1. The highest BCUT2D eigenvalue weighted by molar-refractivity contribution is 5.84. The van der Waals surface area contributed by atoms with E-state index in [-0.39, 0.29) is 0 Å². The molecule has 100 valence electrons. The van der Waals surface area contributed by atoms with Crippen molar-refractivity contribution in [2.45, 2.75) is 6.92 Å². The van der Waals surface area contributed by atoms with Crippen LogP contribution in [-0.4, -0.2) is 26.6 Å². The molecule has 1 fully saturated rings. The summed E-state index contributed by atoms with van der Waals surface area (Å²) < 4.78 is 16.2. The Morgan fingerprint density at radius 2 is 1.89 bits per heavy atom. The van der Waals surface area contributed by atoms with Crippen LogP contribution in [0.5, 0.6) is 5.75 Å². The molecule has 0 N–H and O–H groups in total. The summed E-state index contributed by atoms with van der Waals surface area (Å²) in [6.45, 7) is 4.74. The molecule has 0 spiro atoms. The molecule has 3 nitrogen and oxygen atoms in total. The highest BCUT2D eigenvalue weighted by atomic mass is 16.7. The van der Waals surface area contributed by atoms with Gasteiger partial charge in [0.1, 0.15) is 5.75 Å². The Morgan fingerprint density at radius 1 is 1.11 bits per heavy atom. The molecule has 0 amide bonds. The third-order valence-electron chi connectivity index (χ3n) is 3.34. The monoisotopic (exact) mass is 258 g/mol. The zero-order chi connectivity index (χ0) is 13.1. The van der Waals surface area contributed by atoms with Gasteiger partial charge in [0.25, 0.3) is 0 Å². The number of ether oxygens (including phenoxy) is 3. The summed E-state index contributed by atoms with van der Waals surface area (Å²) in [5.74, 6) is 1.39. The molecule has 0 radical (unpaired) electrons. The second-order valence-electron chi connectivity index (χ2n) is 5.05. The maximum absolute atomic E-state index is 5.60. The number of aryl methyl sites for hydroxylation is 1. The van der Waals surface area contributed by atoms with E-state index in [2.05, 4.69) is 31.2 Å². The van der Waals surface area contributed by atoms with E-state index < -0.39 is 0 Å². The normalized spacial score (nSPS) is 15.4. The van der Waals surface area contributed by atoms with Gasteiger partial charge in [-0.1, -0.05) is 29.8 Å². The van der Waals surface area contributed by atoms with E-state index in [4.69, 9.17) is 14.2 Å². The second-order valence-corrected chi connectivity index (χ2v) is 5.05. The van der Waals surface area contributed by atoms with E-state index in [1.54, 1.807) is 0 Å². The maximum atomic E-state index is 5.60. The van der Waals surface area contributed by atoms with E-state index in [0.717, 1.165) is 19.0 Å². The third-order valence-corrected chi connectivity index (χ3v) is 3.34. The van der Waals surface area contributed by atoms with Gasteiger partial charge in [-0.15, -0.1) is 0 Å². The standard InChI is InChI=1S/C16H18O3/c1-12-2-3-15-7-16(5-4-14(15)6-12)19-11-18-10-13-8-17-9-13/h2-7,13H,8-11H2,1H3. The van der Waals surface area contributed by atoms with Crippen LogP contribution in [0.1, 0.15) is 5.56 Å². The van der Waals surface area contributed by atoms with Crippen molar-refractivity contribution >= 4 is 10.8 Å². The molecular formula is C16H18O3. The second kappa shape index (κ2) is 5.59.